The Balaban J connectivity index is 0.000000221. The average Bonchev–Trinajstić information content (AvgIpc) is 3.11. The molecule has 1 aliphatic heterocycles. The van der Waals surface area contributed by atoms with Gasteiger partial charge in [0.25, 0.3) is 0 Å². The molecule has 0 spiro atoms. The Hall–Kier alpha value is -1.16. The van der Waals surface area contributed by atoms with Crippen molar-refractivity contribution in [2.24, 2.45) is 0 Å². The maximum atomic E-state index is 11.4. The van der Waals surface area contributed by atoms with Crippen molar-refractivity contribution >= 4 is 59.5 Å². The van der Waals surface area contributed by atoms with Gasteiger partial charge < -0.3 is 9.84 Å². The standard InChI is InChI=1S/C9H10BrNO2.C5H3Br2N.C4H6O2/c10-8-4-7(5-11-6-8)9(13)2-1-3-12;6-4-1-5(7)3-8-2-4;5-4-2-1-3-6-4/h4-6,12H,1-3H2;1-3H;1-3H2. The molecule has 146 valence electrons. The molecule has 1 N–H and O–H groups in total. The number of hydrogen-bond donors (Lipinski definition) is 1. The Kier molecular flexibility index (Phi) is 12.3. The molecule has 0 atom stereocenters. The number of Topliss-reactive ketones (excluding diaryl/α,β-unsaturated/α-hetero) is 1. The van der Waals surface area contributed by atoms with Crippen LogP contribution in [0.2, 0.25) is 0 Å². The second kappa shape index (κ2) is 13.9. The van der Waals surface area contributed by atoms with Crippen LogP contribution in [0.1, 0.15) is 36.0 Å². The molecule has 3 rings (SSSR count). The predicted molar refractivity (Wildman–Crippen MR) is 112 cm³/mol. The summed E-state index contributed by atoms with van der Waals surface area (Å²) in [4.78, 5) is 29.2. The minimum Gasteiger partial charge on any atom is -0.466 e. The summed E-state index contributed by atoms with van der Waals surface area (Å²) in [6.07, 6.45) is 9.06. The molecular formula is C18H19Br3N2O4. The van der Waals surface area contributed by atoms with E-state index in [-0.39, 0.29) is 18.4 Å². The van der Waals surface area contributed by atoms with Gasteiger partial charge in [0.2, 0.25) is 0 Å². The summed E-state index contributed by atoms with van der Waals surface area (Å²) in [7, 11) is 0. The van der Waals surface area contributed by atoms with Crippen LogP contribution in [0.3, 0.4) is 0 Å². The maximum absolute atomic E-state index is 11.4. The van der Waals surface area contributed by atoms with E-state index in [2.05, 4.69) is 62.5 Å². The van der Waals surface area contributed by atoms with Crippen molar-refractivity contribution in [2.75, 3.05) is 13.2 Å². The van der Waals surface area contributed by atoms with Crippen molar-refractivity contribution in [3.8, 4) is 0 Å². The van der Waals surface area contributed by atoms with Crippen LogP contribution in [0.15, 0.2) is 50.3 Å². The van der Waals surface area contributed by atoms with E-state index >= 15 is 0 Å². The lowest BCUT2D eigenvalue weighted by Crippen LogP contribution is -2.00. The third-order valence-electron chi connectivity index (χ3n) is 3.05. The van der Waals surface area contributed by atoms with Gasteiger partial charge in [-0.1, -0.05) is 0 Å². The fraction of sp³-hybridized carbons (Fsp3) is 0.333. The quantitative estimate of drug-likeness (QED) is 0.425. The summed E-state index contributed by atoms with van der Waals surface area (Å²) < 4.78 is 7.29. The summed E-state index contributed by atoms with van der Waals surface area (Å²) >= 11 is 9.77. The second-order valence-electron chi connectivity index (χ2n) is 5.29. The molecule has 2 aromatic rings. The summed E-state index contributed by atoms with van der Waals surface area (Å²) in [5, 5.41) is 8.54. The van der Waals surface area contributed by atoms with Crippen molar-refractivity contribution in [3.63, 3.8) is 0 Å². The van der Waals surface area contributed by atoms with Crippen LogP contribution < -0.4 is 0 Å². The molecule has 0 amide bonds. The van der Waals surface area contributed by atoms with E-state index < -0.39 is 0 Å². The van der Waals surface area contributed by atoms with Crippen LogP contribution in [0.4, 0.5) is 0 Å². The fourth-order valence-electron chi connectivity index (χ4n) is 1.81. The third kappa shape index (κ3) is 11.3. The van der Waals surface area contributed by atoms with E-state index in [1.807, 2.05) is 6.07 Å². The van der Waals surface area contributed by atoms with E-state index in [0.717, 1.165) is 19.8 Å². The molecule has 27 heavy (non-hydrogen) atoms. The number of pyridine rings is 2. The molecule has 6 nitrogen and oxygen atoms in total. The number of hydrogen-bond acceptors (Lipinski definition) is 6. The summed E-state index contributed by atoms with van der Waals surface area (Å²) in [6, 6.07) is 3.67. The zero-order chi connectivity index (χ0) is 20.1. The van der Waals surface area contributed by atoms with E-state index in [1.165, 1.54) is 6.20 Å². The normalized spacial score (nSPS) is 12.2. The maximum Gasteiger partial charge on any atom is 0.305 e. The number of aliphatic hydroxyl groups excluding tert-OH is 1. The van der Waals surface area contributed by atoms with Gasteiger partial charge in [-0.25, -0.2) is 0 Å². The Morgan fingerprint density at radius 2 is 1.63 bits per heavy atom. The number of esters is 1. The summed E-state index contributed by atoms with van der Waals surface area (Å²) in [5.41, 5.74) is 0.586. The van der Waals surface area contributed by atoms with E-state index in [9.17, 15) is 9.59 Å². The van der Waals surface area contributed by atoms with Gasteiger partial charge in [-0.3, -0.25) is 19.6 Å². The number of rotatable bonds is 4. The molecule has 1 fully saturated rings. The third-order valence-corrected chi connectivity index (χ3v) is 4.35. The van der Waals surface area contributed by atoms with Crippen LogP contribution in [0, 0.1) is 0 Å². The van der Waals surface area contributed by atoms with Gasteiger partial charge in [-0.15, -0.1) is 0 Å². The lowest BCUT2D eigenvalue weighted by Gasteiger charge is -1.98. The molecule has 3 heterocycles. The number of aliphatic hydroxyl groups is 1. The molecule has 0 bridgehead atoms. The van der Waals surface area contributed by atoms with Crippen molar-refractivity contribution in [1.82, 2.24) is 9.97 Å². The smallest absolute Gasteiger partial charge is 0.305 e. The van der Waals surface area contributed by atoms with Gasteiger partial charge in [-0.05, 0) is 72.8 Å². The topological polar surface area (TPSA) is 89.4 Å². The Morgan fingerprint density at radius 1 is 1.04 bits per heavy atom. The number of nitrogens with zero attached hydrogens (tertiary/aromatic N) is 2. The molecule has 0 unspecified atom stereocenters. The van der Waals surface area contributed by atoms with E-state index in [4.69, 9.17) is 5.11 Å². The van der Waals surface area contributed by atoms with Crippen molar-refractivity contribution in [3.05, 3.63) is 55.9 Å². The number of ether oxygens (including phenoxy) is 1. The molecule has 9 heteroatoms. The SMILES string of the molecule is Brc1cncc(Br)c1.O=C(CCCO)c1cncc(Br)c1.O=C1CCCO1. The lowest BCUT2D eigenvalue weighted by atomic mass is 10.1. The first-order chi connectivity index (χ1) is 12.9. The van der Waals surface area contributed by atoms with Gasteiger partial charge in [-0.2, -0.15) is 0 Å². The molecular weight excluding hydrogens is 548 g/mol. The second-order valence-corrected chi connectivity index (χ2v) is 8.03. The number of aromatic nitrogens is 2. The van der Waals surface area contributed by atoms with Gasteiger partial charge in [0.05, 0.1) is 6.61 Å². The highest BCUT2D eigenvalue weighted by molar-refractivity contribution is 9.11. The average molecular weight is 567 g/mol. The first kappa shape index (κ1) is 23.9. The summed E-state index contributed by atoms with van der Waals surface area (Å²) in [6.45, 7) is 0.687. The first-order valence-corrected chi connectivity index (χ1v) is 10.5. The van der Waals surface area contributed by atoms with Crippen molar-refractivity contribution in [2.45, 2.75) is 25.7 Å². The highest BCUT2D eigenvalue weighted by atomic mass is 79.9. The highest BCUT2D eigenvalue weighted by Crippen LogP contribution is 2.13. The largest absolute Gasteiger partial charge is 0.466 e. The van der Waals surface area contributed by atoms with Crippen LogP contribution in [0.5, 0.6) is 0 Å². The van der Waals surface area contributed by atoms with Gasteiger partial charge in [0.15, 0.2) is 5.78 Å². The molecule has 1 saturated heterocycles. The predicted octanol–water partition coefficient (Wildman–Crippen LogP) is 4.73. The lowest BCUT2D eigenvalue weighted by molar-refractivity contribution is -0.137. The Bertz CT molecular complexity index is 719. The van der Waals surface area contributed by atoms with Gasteiger partial charge in [0.1, 0.15) is 0 Å². The number of cyclic esters (lactones) is 1. The van der Waals surface area contributed by atoms with Crippen LogP contribution in [-0.2, 0) is 9.53 Å². The van der Waals surface area contributed by atoms with E-state index in [0.29, 0.717) is 31.4 Å². The van der Waals surface area contributed by atoms with Crippen molar-refractivity contribution in [1.29, 1.82) is 0 Å². The number of ketones is 1. The molecule has 0 aromatic carbocycles. The van der Waals surface area contributed by atoms with E-state index in [1.54, 1.807) is 24.7 Å². The van der Waals surface area contributed by atoms with Crippen LogP contribution in [-0.4, -0.2) is 40.0 Å². The first-order valence-electron chi connectivity index (χ1n) is 8.08. The number of carbonyl (C=O) groups excluding carboxylic acids is 2. The molecule has 0 aliphatic carbocycles. The Morgan fingerprint density at radius 3 is 2.00 bits per heavy atom. The summed E-state index contributed by atoms with van der Waals surface area (Å²) in [5.74, 6) is -0.0298. The van der Waals surface area contributed by atoms with Crippen LogP contribution >= 0.6 is 47.8 Å². The fourth-order valence-corrected chi connectivity index (χ4v) is 3.21. The number of halogens is 3. The van der Waals surface area contributed by atoms with Gasteiger partial charge >= 0.3 is 5.97 Å². The van der Waals surface area contributed by atoms with Crippen LogP contribution in [0.25, 0.3) is 0 Å². The zero-order valence-electron chi connectivity index (χ0n) is 14.4. The molecule has 0 radical (unpaired) electrons. The molecule has 0 saturated carbocycles. The minimum absolute atomic E-state index is 0.0165. The monoisotopic (exact) mass is 564 g/mol. The highest BCUT2D eigenvalue weighted by Gasteiger charge is 2.08. The molecule has 1 aliphatic rings. The zero-order valence-corrected chi connectivity index (χ0v) is 19.2. The Labute approximate surface area is 183 Å². The molecule has 2 aromatic heterocycles. The van der Waals surface area contributed by atoms with Crippen molar-refractivity contribution < 1.29 is 19.4 Å². The number of carbonyl (C=O) groups is 2. The minimum atomic E-state index is -0.0463. The van der Waals surface area contributed by atoms with Gasteiger partial charge in [0, 0.05) is 63.2 Å².